The SMILES string of the molecule is COc1cc(OC)cc([C@@H]2c3c(cc(OC)c4c3O[C@H](c3ccc(OC)c(OC)c3)[C@@H](OC(=O)[C@](OC)(c3ccccc3)C(F)(F)F)C4)O[C@H]2c2ccc(OC)c(OC)c2)c1. The molecule has 7 rings (SSSR count). The molecule has 2 heterocycles. The Morgan fingerprint density at radius 3 is 1.66 bits per heavy atom. The van der Waals surface area contributed by atoms with E-state index in [1.165, 1.54) is 46.6 Å². The van der Waals surface area contributed by atoms with Crippen LogP contribution in [0.25, 0.3) is 0 Å². The summed E-state index contributed by atoms with van der Waals surface area (Å²) >= 11 is 0. The van der Waals surface area contributed by atoms with Gasteiger partial charge in [0, 0.05) is 47.9 Å². The third-order valence-corrected chi connectivity index (χ3v) is 11.1. The predicted octanol–water partition coefficient (Wildman–Crippen LogP) is 8.70. The Balaban J connectivity index is 1.44. The normalized spacial score (nSPS) is 18.9. The number of carbonyl (C=O) groups is 1. The first kappa shape index (κ1) is 42.6. The molecular weight excluding hydrogens is 801 g/mol. The lowest BCUT2D eigenvalue weighted by Crippen LogP contribution is -2.53. The molecule has 0 fully saturated rings. The monoisotopic (exact) mass is 846 g/mol. The van der Waals surface area contributed by atoms with E-state index in [-0.39, 0.29) is 12.2 Å². The van der Waals surface area contributed by atoms with Gasteiger partial charge in [0.25, 0.3) is 5.60 Å². The fraction of sp³-hybridized carbons (Fsp3) is 0.326. The van der Waals surface area contributed by atoms with Crippen molar-refractivity contribution in [3.8, 4) is 51.7 Å². The molecule has 0 amide bonds. The summed E-state index contributed by atoms with van der Waals surface area (Å²) < 4.78 is 110. The number of alkyl halides is 3. The van der Waals surface area contributed by atoms with Crippen LogP contribution in [0.15, 0.2) is 91.0 Å². The van der Waals surface area contributed by atoms with Crippen LogP contribution in [-0.2, 0) is 26.3 Å². The summed E-state index contributed by atoms with van der Waals surface area (Å²) in [6.07, 6.45) is -8.68. The van der Waals surface area contributed by atoms with Crippen molar-refractivity contribution in [2.24, 2.45) is 0 Å². The number of carbonyl (C=O) groups excluding carboxylic acids is 1. The molecule has 0 saturated heterocycles. The Hall–Kier alpha value is -6.48. The molecule has 0 radical (unpaired) electrons. The molecule has 322 valence electrons. The van der Waals surface area contributed by atoms with Crippen LogP contribution in [0.3, 0.4) is 0 Å². The van der Waals surface area contributed by atoms with Gasteiger partial charge in [-0.2, -0.15) is 13.2 Å². The van der Waals surface area contributed by atoms with E-state index in [4.69, 9.17) is 52.1 Å². The smallest absolute Gasteiger partial charge is 0.432 e. The summed E-state index contributed by atoms with van der Waals surface area (Å²) in [5.74, 6) is 1.39. The first-order valence-electron chi connectivity index (χ1n) is 19.0. The van der Waals surface area contributed by atoms with Gasteiger partial charge in [-0.25, -0.2) is 4.79 Å². The number of esters is 1. The van der Waals surface area contributed by atoms with Gasteiger partial charge in [0.1, 0.15) is 41.0 Å². The molecule has 2 aliphatic rings. The summed E-state index contributed by atoms with van der Waals surface area (Å²) in [4.78, 5) is 14.3. The second-order valence-electron chi connectivity index (χ2n) is 14.1. The first-order valence-corrected chi connectivity index (χ1v) is 19.0. The minimum Gasteiger partial charge on any atom is -0.497 e. The number of hydrogen-bond acceptors (Lipinski definition) is 12. The van der Waals surface area contributed by atoms with Crippen LogP contribution in [0.2, 0.25) is 0 Å². The van der Waals surface area contributed by atoms with Crippen LogP contribution in [0.5, 0.6) is 51.7 Å². The Morgan fingerprint density at radius 1 is 0.590 bits per heavy atom. The first-order chi connectivity index (χ1) is 29.4. The fourth-order valence-electron chi connectivity index (χ4n) is 8.10. The van der Waals surface area contributed by atoms with Crippen molar-refractivity contribution < 1.29 is 70.1 Å². The summed E-state index contributed by atoms with van der Waals surface area (Å²) in [7, 11) is 11.3. The molecule has 5 aromatic carbocycles. The Kier molecular flexibility index (Phi) is 12.1. The minimum atomic E-state index is -5.23. The quantitative estimate of drug-likeness (QED) is 0.0996. The van der Waals surface area contributed by atoms with Gasteiger partial charge in [-0.3, -0.25) is 0 Å². The number of hydrogen-bond donors (Lipinski definition) is 0. The summed E-state index contributed by atoms with van der Waals surface area (Å²) in [5.41, 5.74) is -1.08. The van der Waals surface area contributed by atoms with Crippen molar-refractivity contribution in [2.45, 2.75) is 42.4 Å². The molecule has 0 bridgehead atoms. The molecule has 5 atom stereocenters. The fourth-order valence-corrected chi connectivity index (χ4v) is 8.10. The van der Waals surface area contributed by atoms with Gasteiger partial charge in [0.2, 0.25) is 0 Å². The molecule has 61 heavy (non-hydrogen) atoms. The van der Waals surface area contributed by atoms with Crippen molar-refractivity contribution in [1.82, 2.24) is 0 Å². The second-order valence-corrected chi connectivity index (χ2v) is 14.1. The number of halogens is 3. The van der Waals surface area contributed by atoms with Crippen LogP contribution >= 0.6 is 0 Å². The lowest BCUT2D eigenvalue weighted by Gasteiger charge is -2.38. The Morgan fingerprint density at radius 2 is 1.15 bits per heavy atom. The largest absolute Gasteiger partial charge is 0.497 e. The number of benzene rings is 5. The van der Waals surface area contributed by atoms with E-state index in [9.17, 15) is 4.79 Å². The van der Waals surface area contributed by atoms with Gasteiger partial charge >= 0.3 is 12.1 Å². The van der Waals surface area contributed by atoms with Crippen molar-refractivity contribution in [3.63, 3.8) is 0 Å². The molecule has 12 nitrogen and oxygen atoms in total. The third-order valence-electron chi connectivity index (χ3n) is 11.1. The maximum atomic E-state index is 15.2. The topological polar surface area (TPSA) is 119 Å². The molecule has 0 spiro atoms. The maximum absolute atomic E-state index is 15.2. The predicted molar refractivity (Wildman–Crippen MR) is 215 cm³/mol. The van der Waals surface area contributed by atoms with Crippen LogP contribution in [0, 0.1) is 0 Å². The number of ether oxygens (including phenoxy) is 11. The van der Waals surface area contributed by atoms with Crippen LogP contribution in [-0.4, -0.2) is 75.1 Å². The van der Waals surface area contributed by atoms with Gasteiger partial charge in [-0.05, 0) is 47.5 Å². The van der Waals surface area contributed by atoms with Crippen LogP contribution in [0.4, 0.5) is 13.2 Å². The highest BCUT2D eigenvalue weighted by Gasteiger charge is 2.65. The van der Waals surface area contributed by atoms with E-state index in [0.717, 1.165) is 30.4 Å². The van der Waals surface area contributed by atoms with E-state index in [1.807, 2.05) is 24.3 Å². The van der Waals surface area contributed by atoms with E-state index < -0.39 is 47.5 Å². The number of rotatable bonds is 14. The average molecular weight is 847 g/mol. The van der Waals surface area contributed by atoms with Crippen LogP contribution in [0.1, 0.15) is 51.5 Å². The molecule has 0 saturated carbocycles. The highest BCUT2D eigenvalue weighted by Crippen LogP contribution is 2.59. The van der Waals surface area contributed by atoms with Crippen molar-refractivity contribution >= 4 is 5.97 Å². The zero-order chi connectivity index (χ0) is 43.6. The molecule has 2 aliphatic heterocycles. The van der Waals surface area contributed by atoms with Gasteiger partial charge < -0.3 is 52.1 Å². The minimum absolute atomic E-state index is 0.155. The maximum Gasteiger partial charge on any atom is 0.432 e. The molecule has 0 aliphatic carbocycles. The molecule has 15 heteroatoms. The highest BCUT2D eigenvalue weighted by atomic mass is 19.4. The third kappa shape index (κ3) is 7.51. The van der Waals surface area contributed by atoms with Crippen molar-refractivity contribution in [1.29, 1.82) is 0 Å². The lowest BCUT2D eigenvalue weighted by atomic mass is 9.82. The lowest BCUT2D eigenvalue weighted by molar-refractivity contribution is -0.279. The van der Waals surface area contributed by atoms with E-state index in [0.29, 0.717) is 62.7 Å². The zero-order valence-corrected chi connectivity index (χ0v) is 34.7. The molecule has 0 unspecified atom stereocenters. The zero-order valence-electron chi connectivity index (χ0n) is 34.7. The van der Waals surface area contributed by atoms with Gasteiger partial charge in [0.05, 0.1) is 55.7 Å². The summed E-state index contributed by atoms with van der Waals surface area (Å²) in [5, 5.41) is 0. The summed E-state index contributed by atoms with van der Waals surface area (Å²) in [6.45, 7) is 0. The number of methoxy groups -OCH3 is 8. The van der Waals surface area contributed by atoms with Crippen LogP contribution < -0.4 is 42.6 Å². The second kappa shape index (κ2) is 17.2. The Bertz CT molecular complexity index is 2360. The van der Waals surface area contributed by atoms with Gasteiger partial charge in [-0.1, -0.05) is 42.5 Å². The van der Waals surface area contributed by atoms with Crippen molar-refractivity contribution in [3.05, 3.63) is 124 Å². The molecule has 0 aromatic heterocycles. The highest BCUT2D eigenvalue weighted by molar-refractivity contribution is 5.83. The van der Waals surface area contributed by atoms with Crippen molar-refractivity contribution in [2.75, 3.05) is 56.9 Å². The van der Waals surface area contributed by atoms with E-state index in [2.05, 4.69) is 0 Å². The molecular formula is C46H45F3O12. The van der Waals surface area contributed by atoms with Gasteiger partial charge in [0.15, 0.2) is 29.1 Å². The number of fused-ring (bicyclic) bond motifs is 3. The summed E-state index contributed by atoms with van der Waals surface area (Å²) in [6, 6.07) is 24.1. The van der Waals surface area contributed by atoms with E-state index in [1.54, 1.807) is 57.7 Å². The molecule has 0 N–H and O–H groups in total. The van der Waals surface area contributed by atoms with E-state index >= 15 is 13.2 Å². The van der Waals surface area contributed by atoms with Gasteiger partial charge in [-0.15, -0.1) is 0 Å². The Labute approximate surface area is 350 Å². The average Bonchev–Trinajstić information content (AvgIpc) is 3.67. The molecule has 5 aromatic rings. The standard InChI is InChI=1S/C46H45F3O12/c1-51-29-18-27(19-30(22-29)52-2)39-40-37(59-42(39)26-15-17-33(54-4)36(21-26)57-7)24-34(55-5)31-23-38(41(61-43(31)40)25-14-16-32(53-3)35(20-25)56-6)60-44(50)45(58-8,46(47,48)49)28-12-10-9-11-13-28/h9-22,24,38-39,41-42H,23H2,1-8H3/t38-,39+,41+,42-,45+/m0/s1.